The first kappa shape index (κ1) is 15.9. The molecule has 0 fully saturated rings. The summed E-state index contributed by atoms with van der Waals surface area (Å²) in [6.45, 7) is 1.06. The number of benzene rings is 2. The maximum atomic E-state index is 13.6. The van der Waals surface area contributed by atoms with Gasteiger partial charge >= 0.3 is 0 Å². The van der Waals surface area contributed by atoms with E-state index in [-0.39, 0.29) is 6.10 Å². The van der Waals surface area contributed by atoms with Crippen LogP contribution in [0.5, 0.6) is 0 Å². The van der Waals surface area contributed by atoms with Crippen molar-refractivity contribution in [2.45, 2.75) is 19.1 Å². The molecule has 0 saturated heterocycles. The van der Waals surface area contributed by atoms with E-state index in [1.807, 2.05) is 29.6 Å². The summed E-state index contributed by atoms with van der Waals surface area (Å²) < 4.78 is 26.4. The molecule has 0 saturated carbocycles. The SMILES string of the molecule is Fc1ccc(C[NH2+]C[C@@H]2CC(c3ccccc3Cl)=NO2)c(F)c1. The number of oxime groups is 1. The lowest BCUT2D eigenvalue weighted by molar-refractivity contribution is -0.676. The smallest absolute Gasteiger partial charge is 0.181 e. The number of nitrogens with two attached hydrogens (primary N) is 1. The van der Waals surface area contributed by atoms with Gasteiger partial charge in [-0.1, -0.05) is 35.0 Å². The molecule has 1 heterocycles. The third-order valence-electron chi connectivity index (χ3n) is 3.73. The molecule has 3 nitrogen and oxygen atoms in total. The van der Waals surface area contributed by atoms with Crippen LogP contribution in [-0.4, -0.2) is 18.4 Å². The van der Waals surface area contributed by atoms with Crippen molar-refractivity contribution in [2.24, 2.45) is 5.16 Å². The van der Waals surface area contributed by atoms with Crippen LogP contribution in [0.1, 0.15) is 17.5 Å². The lowest BCUT2D eigenvalue weighted by Crippen LogP contribution is -2.84. The number of halogens is 3. The lowest BCUT2D eigenvalue weighted by Gasteiger charge is -2.08. The zero-order chi connectivity index (χ0) is 16.2. The van der Waals surface area contributed by atoms with Crippen LogP contribution >= 0.6 is 11.6 Å². The molecule has 1 aliphatic rings. The molecule has 0 spiro atoms. The van der Waals surface area contributed by atoms with Crippen LogP contribution in [0.3, 0.4) is 0 Å². The highest BCUT2D eigenvalue weighted by Gasteiger charge is 2.24. The molecule has 120 valence electrons. The van der Waals surface area contributed by atoms with Gasteiger partial charge in [0.05, 0.1) is 5.71 Å². The second kappa shape index (κ2) is 7.06. The molecule has 23 heavy (non-hydrogen) atoms. The topological polar surface area (TPSA) is 38.2 Å². The number of hydrogen-bond acceptors (Lipinski definition) is 2. The van der Waals surface area contributed by atoms with E-state index in [0.717, 1.165) is 17.3 Å². The van der Waals surface area contributed by atoms with Crippen molar-refractivity contribution in [3.05, 3.63) is 70.2 Å². The molecule has 0 aromatic heterocycles. The summed E-state index contributed by atoms with van der Waals surface area (Å²) in [6, 6.07) is 11.1. The summed E-state index contributed by atoms with van der Waals surface area (Å²) in [4.78, 5) is 5.41. The van der Waals surface area contributed by atoms with Crippen molar-refractivity contribution in [3.63, 3.8) is 0 Å². The van der Waals surface area contributed by atoms with Gasteiger partial charge < -0.3 is 10.2 Å². The maximum absolute atomic E-state index is 13.6. The van der Waals surface area contributed by atoms with E-state index in [1.165, 1.54) is 12.1 Å². The lowest BCUT2D eigenvalue weighted by atomic mass is 10.0. The first-order valence-electron chi connectivity index (χ1n) is 7.36. The van der Waals surface area contributed by atoms with Gasteiger partial charge in [0.1, 0.15) is 24.7 Å². The van der Waals surface area contributed by atoms with Gasteiger partial charge in [-0.2, -0.15) is 0 Å². The van der Waals surface area contributed by atoms with Crippen molar-refractivity contribution in [3.8, 4) is 0 Å². The average molecular weight is 338 g/mol. The van der Waals surface area contributed by atoms with Crippen molar-refractivity contribution in [2.75, 3.05) is 6.54 Å². The second-order valence-electron chi connectivity index (χ2n) is 5.41. The fourth-order valence-corrected chi connectivity index (χ4v) is 2.77. The molecule has 0 radical (unpaired) electrons. The van der Waals surface area contributed by atoms with Gasteiger partial charge in [0, 0.05) is 28.6 Å². The second-order valence-corrected chi connectivity index (χ2v) is 5.82. The van der Waals surface area contributed by atoms with Crippen LogP contribution in [0.2, 0.25) is 5.02 Å². The van der Waals surface area contributed by atoms with Crippen molar-refractivity contribution >= 4 is 17.3 Å². The van der Waals surface area contributed by atoms with Crippen LogP contribution in [0, 0.1) is 11.6 Å². The van der Waals surface area contributed by atoms with Crippen LogP contribution in [-0.2, 0) is 11.4 Å². The number of nitrogens with zero attached hydrogens (tertiary/aromatic N) is 1. The Bertz CT molecular complexity index is 736. The molecule has 2 aromatic rings. The van der Waals surface area contributed by atoms with E-state index in [9.17, 15) is 8.78 Å². The fourth-order valence-electron chi connectivity index (χ4n) is 2.52. The number of rotatable bonds is 5. The fraction of sp³-hybridized carbons (Fsp3) is 0.235. The number of quaternary nitrogens is 1. The van der Waals surface area contributed by atoms with E-state index in [0.29, 0.717) is 30.1 Å². The molecule has 1 atom stereocenters. The molecule has 1 aliphatic heterocycles. The summed E-state index contributed by atoms with van der Waals surface area (Å²) in [6.07, 6.45) is 0.580. The Balaban J connectivity index is 1.51. The monoisotopic (exact) mass is 337 g/mol. The van der Waals surface area contributed by atoms with Gasteiger partial charge in [-0.25, -0.2) is 8.78 Å². The van der Waals surface area contributed by atoms with Crippen LogP contribution in [0.15, 0.2) is 47.6 Å². The highest BCUT2D eigenvalue weighted by atomic mass is 35.5. The standard InChI is InChI=1S/C17H15ClF2N2O/c18-15-4-2-1-3-14(15)17-8-13(23-22-17)10-21-9-11-5-6-12(19)7-16(11)20/h1-7,13,21H,8-10H2/p+1/t13-/m0/s1. The van der Waals surface area contributed by atoms with Gasteiger partial charge in [-0.05, 0) is 18.2 Å². The molecular formula is C17H16ClF2N2O+. The first-order valence-corrected chi connectivity index (χ1v) is 7.74. The van der Waals surface area contributed by atoms with E-state index >= 15 is 0 Å². The summed E-state index contributed by atoms with van der Waals surface area (Å²) in [5, 5.41) is 6.66. The summed E-state index contributed by atoms with van der Waals surface area (Å²) in [5.41, 5.74) is 2.17. The van der Waals surface area contributed by atoms with Crippen LogP contribution in [0.4, 0.5) is 8.78 Å². The minimum absolute atomic E-state index is 0.0789. The van der Waals surface area contributed by atoms with Gasteiger partial charge in [-0.3, -0.25) is 0 Å². The van der Waals surface area contributed by atoms with Gasteiger partial charge in [-0.15, -0.1) is 0 Å². The highest BCUT2D eigenvalue weighted by Crippen LogP contribution is 2.22. The van der Waals surface area contributed by atoms with Crippen molar-refractivity contribution in [1.82, 2.24) is 0 Å². The van der Waals surface area contributed by atoms with Crippen molar-refractivity contribution in [1.29, 1.82) is 0 Å². The Kier molecular flexibility index (Phi) is 4.88. The Morgan fingerprint density at radius 1 is 1.22 bits per heavy atom. The Morgan fingerprint density at radius 2 is 2.04 bits per heavy atom. The van der Waals surface area contributed by atoms with Gasteiger partial charge in [0.15, 0.2) is 6.10 Å². The summed E-state index contributed by atoms with van der Waals surface area (Å²) >= 11 is 6.15. The minimum atomic E-state index is -0.567. The Labute approximate surface area is 137 Å². The normalized spacial score (nSPS) is 17.0. The predicted molar refractivity (Wildman–Crippen MR) is 84.3 cm³/mol. The highest BCUT2D eigenvalue weighted by molar-refractivity contribution is 6.34. The van der Waals surface area contributed by atoms with E-state index in [2.05, 4.69) is 5.16 Å². The molecule has 0 unspecified atom stereocenters. The summed E-state index contributed by atoms with van der Waals surface area (Å²) in [5.74, 6) is -1.09. The maximum Gasteiger partial charge on any atom is 0.181 e. The van der Waals surface area contributed by atoms with Crippen LogP contribution < -0.4 is 5.32 Å². The quantitative estimate of drug-likeness (QED) is 0.895. The molecule has 6 heteroatoms. The average Bonchev–Trinajstić information content (AvgIpc) is 2.98. The molecule has 2 aromatic carbocycles. The molecule has 0 amide bonds. The Hall–Kier alpha value is -1.98. The predicted octanol–water partition coefficient (Wildman–Crippen LogP) is 2.87. The molecule has 3 rings (SSSR count). The van der Waals surface area contributed by atoms with E-state index in [1.54, 1.807) is 0 Å². The molecule has 0 bridgehead atoms. The minimum Gasteiger partial charge on any atom is -0.386 e. The Morgan fingerprint density at radius 3 is 2.83 bits per heavy atom. The van der Waals surface area contributed by atoms with Gasteiger partial charge in [0.2, 0.25) is 0 Å². The molecule has 2 N–H and O–H groups in total. The first-order chi connectivity index (χ1) is 11.1. The van der Waals surface area contributed by atoms with E-state index in [4.69, 9.17) is 16.4 Å². The van der Waals surface area contributed by atoms with Gasteiger partial charge in [0.25, 0.3) is 0 Å². The summed E-state index contributed by atoms with van der Waals surface area (Å²) in [7, 11) is 0. The zero-order valence-corrected chi connectivity index (χ0v) is 13.1. The molecule has 0 aliphatic carbocycles. The van der Waals surface area contributed by atoms with Crippen molar-refractivity contribution < 1.29 is 18.9 Å². The third kappa shape index (κ3) is 3.86. The zero-order valence-electron chi connectivity index (χ0n) is 12.3. The van der Waals surface area contributed by atoms with Crippen LogP contribution in [0.25, 0.3) is 0 Å². The largest absolute Gasteiger partial charge is 0.386 e. The molecular weight excluding hydrogens is 322 g/mol. The third-order valence-corrected chi connectivity index (χ3v) is 4.06. The number of hydrogen-bond donors (Lipinski definition) is 1. The van der Waals surface area contributed by atoms with E-state index < -0.39 is 11.6 Å².